The first-order valence-corrected chi connectivity index (χ1v) is 9.01. The van der Waals surface area contributed by atoms with Gasteiger partial charge in [-0.2, -0.15) is 0 Å². The lowest BCUT2D eigenvalue weighted by atomic mass is 9.90. The molecule has 0 bridgehead atoms. The second kappa shape index (κ2) is 6.56. The number of hydrogen-bond acceptors (Lipinski definition) is 3. The lowest BCUT2D eigenvalue weighted by molar-refractivity contribution is 0.178. The van der Waals surface area contributed by atoms with Gasteiger partial charge >= 0.3 is 6.03 Å². The number of aromatic nitrogens is 1. The molecule has 3 heterocycles. The molecular weight excluding hydrogens is 286 g/mol. The molecule has 0 aromatic carbocycles. The summed E-state index contributed by atoms with van der Waals surface area (Å²) in [4.78, 5) is 18.1. The highest BCUT2D eigenvalue weighted by atomic mass is 32.2. The molecule has 2 amide bonds. The van der Waals surface area contributed by atoms with Crippen molar-refractivity contribution in [1.82, 2.24) is 15.2 Å². The fourth-order valence-electron chi connectivity index (χ4n) is 3.10. The van der Waals surface area contributed by atoms with Crippen LogP contribution in [0, 0.1) is 0 Å². The Balaban J connectivity index is 1.49. The van der Waals surface area contributed by atoms with Gasteiger partial charge in [0.25, 0.3) is 0 Å². The van der Waals surface area contributed by atoms with Crippen molar-refractivity contribution < 1.29 is 9.00 Å². The van der Waals surface area contributed by atoms with E-state index in [-0.39, 0.29) is 12.1 Å². The minimum atomic E-state index is -0.744. The zero-order chi connectivity index (χ0) is 14.7. The van der Waals surface area contributed by atoms with Crippen LogP contribution in [0.3, 0.4) is 0 Å². The third-order valence-electron chi connectivity index (χ3n) is 4.37. The molecule has 2 unspecified atom stereocenters. The number of rotatable bonds is 2. The zero-order valence-corrected chi connectivity index (χ0v) is 12.8. The summed E-state index contributed by atoms with van der Waals surface area (Å²) in [6, 6.07) is 4.23. The average molecular weight is 307 g/mol. The number of amides is 2. The van der Waals surface area contributed by atoms with Crippen molar-refractivity contribution in [2.75, 3.05) is 24.6 Å². The van der Waals surface area contributed by atoms with Gasteiger partial charge in [0.2, 0.25) is 0 Å². The maximum atomic E-state index is 12.2. The summed E-state index contributed by atoms with van der Waals surface area (Å²) in [5.41, 5.74) is 1.32. The first-order valence-electron chi connectivity index (χ1n) is 7.52. The number of carbonyl (C=O) groups is 1. The zero-order valence-electron chi connectivity index (χ0n) is 12.0. The number of nitrogens with zero attached hydrogens (tertiary/aromatic N) is 2. The third-order valence-corrected chi connectivity index (χ3v) is 5.83. The van der Waals surface area contributed by atoms with Crippen molar-refractivity contribution in [2.24, 2.45) is 0 Å². The maximum Gasteiger partial charge on any atom is 0.317 e. The molecule has 1 N–H and O–H groups in total. The lowest BCUT2D eigenvalue weighted by Crippen LogP contribution is -2.47. The Labute approximate surface area is 127 Å². The fourth-order valence-corrected chi connectivity index (χ4v) is 4.51. The highest BCUT2D eigenvalue weighted by Crippen LogP contribution is 2.27. The van der Waals surface area contributed by atoms with Crippen molar-refractivity contribution >= 4 is 16.8 Å². The van der Waals surface area contributed by atoms with Gasteiger partial charge in [-0.1, -0.05) is 0 Å². The first kappa shape index (κ1) is 14.5. The summed E-state index contributed by atoms with van der Waals surface area (Å²) in [5, 5.41) is 3.02. The van der Waals surface area contributed by atoms with Crippen molar-refractivity contribution in [2.45, 2.75) is 31.2 Å². The molecular formula is C15H21N3O2S. The van der Waals surface area contributed by atoms with E-state index >= 15 is 0 Å². The highest BCUT2D eigenvalue weighted by Gasteiger charge is 2.27. The predicted octanol–water partition coefficient (Wildman–Crippen LogP) is 1.49. The van der Waals surface area contributed by atoms with Crippen LogP contribution in [0.25, 0.3) is 0 Å². The van der Waals surface area contributed by atoms with E-state index < -0.39 is 10.8 Å². The molecule has 0 saturated carbocycles. The normalized spacial score (nSPS) is 26.8. The second-order valence-corrected chi connectivity index (χ2v) is 7.41. The Morgan fingerprint density at radius 1 is 1.24 bits per heavy atom. The summed E-state index contributed by atoms with van der Waals surface area (Å²) in [7, 11) is -0.744. The summed E-state index contributed by atoms with van der Waals surface area (Å²) >= 11 is 0. The SMILES string of the molecule is O=C(NC1CCS(=O)C1)N1CCC(c2ccncc2)CC1. The summed E-state index contributed by atoms with van der Waals surface area (Å²) in [5.74, 6) is 1.85. The Hall–Kier alpha value is -1.43. The molecule has 6 heteroatoms. The number of urea groups is 1. The molecule has 2 saturated heterocycles. The topological polar surface area (TPSA) is 62.3 Å². The van der Waals surface area contributed by atoms with E-state index in [1.807, 2.05) is 17.3 Å². The van der Waals surface area contributed by atoms with Crippen molar-refractivity contribution in [1.29, 1.82) is 0 Å². The molecule has 114 valence electrons. The maximum absolute atomic E-state index is 12.2. The van der Waals surface area contributed by atoms with E-state index in [0.717, 1.165) is 38.1 Å². The van der Waals surface area contributed by atoms with Crippen LogP contribution in [0.4, 0.5) is 4.79 Å². The van der Waals surface area contributed by atoms with Gasteiger partial charge in [0.05, 0.1) is 0 Å². The number of hydrogen-bond donors (Lipinski definition) is 1. The summed E-state index contributed by atoms with van der Waals surface area (Å²) < 4.78 is 11.4. The number of pyridine rings is 1. The third kappa shape index (κ3) is 3.61. The van der Waals surface area contributed by atoms with E-state index in [4.69, 9.17) is 0 Å². The van der Waals surface area contributed by atoms with Gasteiger partial charge in [0.15, 0.2) is 0 Å². The van der Waals surface area contributed by atoms with E-state index in [2.05, 4.69) is 22.4 Å². The monoisotopic (exact) mass is 307 g/mol. The number of carbonyl (C=O) groups excluding carboxylic acids is 1. The smallest absolute Gasteiger partial charge is 0.317 e. The van der Waals surface area contributed by atoms with Gasteiger partial charge in [-0.25, -0.2) is 4.79 Å². The lowest BCUT2D eigenvalue weighted by Gasteiger charge is -2.33. The van der Waals surface area contributed by atoms with Gasteiger partial charge in [0.1, 0.15) is 0 Å². The van der Waals surface area contributed by atoms with Gasteiger partial charge < -0.3 is 10.2 Å². The molecule has 2 fully saturated rings. The summed E-state index contributed by atoms with van der Waals surface area (Å²) in [6.07, 6.45) is 6.48. The van der Waals surface area contributed by atoms with Crippen LogP contribution >= 0.6 is 0 Å². The molecule has 0 radical (unpaired) electrons. The average Bonchev–Trinajstić information content (AvgIpc) is 2.93. The largest absolute Gasteiger partial charge is 0.334 e. The molecule has 0 aliphatic carbocycles. The Morgan fingerprint density at radius 3 is 2.57 bits per heavy atom. The van der Waals surface area contributed by atoms with Gasteiger partial charge in [-0.15, -0.1) is 0 Å². The van der Waals surface area contributed by atoms with Gasteiger partial charge in [-0.05, 0) is 42.9 Å². The van der Waals surface area contributed by atoms with Crippen molar-refractivity contribution in [3.63, 3.8) is 0 Å². The van der Waals surface area contributed by atoms with Crippen LogP contribution in [-0.4, -0.2) is 50.8 Å². The van der Waals surface area contributed by atoms with Crippen LogP contribution < -0.4 is 5.32 Å². The minimum Gasteiger partial charge on any atom is -0.334 e. The Bertz CT molecular complexity index is 515. The van der Waals surface area contributed by atoms with E-state index in [9.17, 15) is 9.00 Å². The predicted molar refractivity (Wildman–Crippen MR) is 82.6 cm³/mol. The molecule has 1 aromatic heterocycles. The highest BCUT2D eigenvalue weighted by molar-refractivity contribution is 7.85. The van der Waals surface area contributed by atoms with E-state index in [1.54, 1.807) is 0 Å². The quantitative estimate of drug-likeness (QED) is 0.900. The van der Waals surface area contributed by atoms with Crippen LogP contribution in [0.15, 0.2) is 24.5 Å². The fraction of sp³-hybridized carbons (Fsp3) is 0.600. The standard InChI is InChI=1S/C15H21N3O2S/c19-15(17-14-5-10-21(20)11-14)18-8-3-13(4-9-18)12-1-6-16-7-2-12/h1-2,6-7,13-14H,3-5,8-11H2,(H,17,19). The Morgan fingerprint density at radius 2 is 1.95 bits per heavy atom. The molecule has 21 heavy (non-hydrogen) atoms. The number of nitrogens with one attached hydrogen (secondary N) is 1. The number of piperidine rings is 1. The van der Waals surface area contributed by atoms with E-state index in [1.165, 1.54) is 5.56 Å². The Kier molecular flexibility index (Phi) is 4.53. The molecule has 5 nitrogen and oxygen atoms in total. The number of likely N-dealkylation sites (tertiary alicyclic amines) is 1. The van der Waals surface area contributed by atoms with Crippen LogP contribution in [0.5, 0.6) is 0 Å². The molecule has 2 aliphatic rings. The van der Waals surface area contributed by atoms with Gasteiger partial charge in [0, 0.05) is 53.8 Å². The molecule has 2 atom stereocenters. The minimum absolute atomic E-state index is 0.00655. The molecule has 0 spiro atoms. The van der Waals surface area contributed by atoms with Crippen molar-refractivity contribution in [3.8, 4) is 0 Å². The van der Waals surface area contributed by atoms with Crippen LogP contribution in [-0.2, 0) is 10.8 Å². The second-order valence-electron chi connectivity index (χ2n) is 5.79. The molecule has 3 rings (SSSR count). The van der Waals surface area contributed by atoms with Gasteiger partial charge in [-0.3, -0.25) is 9.19 Å². The molecule has 1 aromatic rings. The summed E-state index contributed by atoms with van der Waals surface area (Å²) in [6.45, 7) is 1.57. The molecule has 2 aliphatic heterocycles. The van der Waals surface area contributed by atoms with Crippen LogP contribution in [0.1, 0.15) is 30.7 Å². The van der Waals surface area contributed by atoms with E-state index in [0.29, 0.717) is 11.7 Å². The first-order chi connectivity index (χ1) is 10.2. The van der Waals surface area contributed by atoms with Crippen LogP contribution in [0.2, 0.25) is 0 Å². The van der Waals surface area contributed by atoms with Crippen molar-refractivity contribution in [3.05, 3.63) is 30.1 Å².